The summed E-state index contributed by atoms with van der Waals surface area (Å²) in [5.41, 5.74) is 10.4. The standard InChI is InChI=1S/C20H20N2O/c1-12-9-16(14(3)21)10-13(2)19(12)20(23)18-6-4-5-15-11-22-8-7-17(15)18/h4-11,14H,21H2,1-3H3. The number of hydrogen-bond donors (Lipinski definition) is 1. The van der Waals surface area contributed by atoms with E-state index in [1.807, 2.05) is 57.2 Å². The number of hydrogen-bond acceptors (Lipinski definition) is 3. The van der Waals surface area contributed by atoms with Crippen LogP contribution in [0.25, 0.3) is 10.8 Å². The van der Waals surface area contributed by atoms with Crippen LogP contribution in [-0.2, 0) is 0 Å². The maximum absolute atomic E-state index is 13.1. The summed E-state index contributed by atoms with van der Waals surface area (Å²) in [6.45, 7) is 5.89. The summed E-state index contributed by atoms with van der Waals surface area (Å²) in [4.78, 5) is 17.3. The molecule has 0 fully saturated rings. The molecule has 2 N–H and O–H groups in total. The number of aryl methyl sites for hydroxylation is 2. The first kappa shape index (κ1) is 15.4. The van der Waals surface area contributed by atoms with Gasteiger partial charge in [0.1, 0.15) is 0 Å². The van der Waals surface area contributed by atoms with Crippen molar-refractivity contribution in [1.29, 1.82) is 0 Å². The van der Waals surface area contributed by atoms with Gasteiger partial charge >= 0.3 is 0 Å². The van der Waals surface area contributed by atoms with Gasteiger partial charge in [-0.3, -0.25) is 9.78 Å². The number of nitrogens with two attached hydrogens (primary N) is 1. The quantitative estimate of drug-likeness (QED) is 0.741. The third-order valence-electron chi connectivity index (χ3n) is 4.23. The summed E-state index contributed by atoms with van der Waals surface area (Å²) in [6, 6.07) is 11.6. The Balaban J connectivity index is 2.17. The van der Waals surface area contributed by atoms with Gasteiger partial charge < -0.3 is 5.73 Å². The molecule has 1 unspecified atom stereocenters. The number of ketones is 1. The van der Waals surface area contributed by atoms with E-state index in [-0.39, 0.29) is 11.8 Å². The minimum Gasteiger partial charge on any atom is -0.324 e. The smallest absolute Gasteiger partial charge is 0.194 e. The first-order valence-electron chi connectivity index (χ1n) is 7.73. The second kappa shape index (κ2) is 5.94. The summed E-state index contributed by atoms with van der Waals surface area (Å²) in [5.74, 6) is 0.0491. The van der Waals surface area contributed by atoms with Crippen molar-refractivity contribution in [3.63, 3.8) is 0 Å². The van der Waals surface area contributed by atoms with Gasteiger partial charge in [0.15, 0.2) is 5.78 Å². The molecule has 23 heavy (non-hydrogen) atoms. The van der Waals surface area contributed by atoms with Crippen molar-refractivity contribution in [2.45, 2.75) is 26.8 Å². The van der Waals surface area contributed by atoms with Crippen molar-refractivity contribution < 1.29 is 4.79 Å². The Morgan fingerprint density at radius 3 is 2.48 bits per heavy atom. The van der Waals surface area contributed by atoms with E-state index < -0.39 is 0 Å². The van der Waals surface area contributed by atoms with Gasteiger partial charge in [0, 0.05) is 34.9 Å². The molecule has 0 spiro atoms. The first-order chi connectivity index (χ1) is 11.0. The average molecular weight is 304 g/mol. The molecular formula is C20H20N2O. The highest BCUT2D eigenvalue weighted by molar-refractivity contribution is 6.17. The summed E-state index contributed by atoms with van der Waals surface area (Å²) >= 11 is 0. The predicted octanol–water partition coefficient (Wildman–Crippen LogP) is 4.10. The predicted molar refractivity (Wildman–Crippen MR) is 93.7 cm³/mol. The minimum atomic E-state index is -0.0415. The van der Waals surface area contributed by atoms with Gasteiger partial charge in [-0.05, 0) is 48.9 Å². The number of nitrogens with zero attached hydrogens (tertiary/aromatic N) is 1. The lowest BCUT2D eigenvalue weighted by Crippen LogP contribution is -2.11. The zero-order valence-corrected chi connectivity index (χ0v) is 13.6. The van der Waals surface area contributed by atoms with Crippen LogP contribution in [0.15, 0.2) is 48.8 Å². The van der Waals surface area contributed by atoms with E-state index in [9.17, 15) is 4.79 Å². The van der Waals surface area contributed by atoms with E-state index in [1.165, 1.54) is 0 Å². The maximum atomic E-state index is 13.1. The second-order valence-corrected chi connectivity index (χ2v) is 6.05. The highest BCUT2D eigenvalue weighted by Crippen LogP contribution is 2.26. The molecule has 1 atom stereocenters. The Bertz CT molecular complexity index is 869. The first-order valence-corrected chi connectivity index (χ1v) is 7.73. The van der Waals surface area contributed by atoms with Crippen molar-refractivity contribution in [3.8, 4) is 0 Å². The molecule has 2 aromatic carbocycles. The molecule has 0 aliphatic carbocycles. The van der Waals surface area contributed by atoms with Crippen molar-refractivity contribution in [3.05, 3.63) is 76.6 Å². The van der Waals surface area contributed by atoms with Crippen LogP contribution in [0, 0.1) is 13.8 Å². The molecule has 3 nitrogen and oxygen atoms in total. The Morgan fingerprint density at radius 2 is 1.83 bits per heavy atom. The van der Waals surface area contributed by atoms with Crippen LogP contribution in [0.1, 0.15) is 45.6 Å². The van der Waals surface area contributed by atoms with E-state index in [0.29, 0.717) is 5.56 Å². The van der Waals surface area contributed by atoms with Gasteiger partial charge in [-0.1, -0.05) is 30.3 Å². The number of carbonyl (C=O) groups is 1. The molecule has 116 valence electrons. The second-order valence-electron chi connectivity index (χ2n) is 6.05. The van der Waals surface area contributed by atoms with Crippen LogP contribution >= 0.6 is 0 Å². The van der Waals surface area contributed by atoms with E-state index >= 15 is 0 Å². The third-order valence-corrected chi connectivity index (χ3v) is 4.23. The van der Waals surface area contributed by atoms with E-state index in [1.54, 1.807) is 12.4 Å². The fourth-order valence-corrected chi connectivity index (χ4v) is 3.07. The lowest BCUT2D eigenvalue weighted by molar-refractivity contribution is 0.103. The summed E-state index contributed by atoms with van der Waals surface area (Å²) in [5, 5.41) is 1.91. The monoisotopic (exact) mass is 304 g/mol. The number of pyridine rings is 1. The Hall–Kier alpha value is -2.52. The molecule has 1 heterocycles. The molecule has 0 saturated heterocycles. The fourth-order valence-electron chi connectivity index (χ4n) is 3.07. The average Bonchev–Trinajstić information content (AvgIpc) is 2.53. The van der Waals surface area contributed by atoms with Crippen LogP contribution in [0.2, 0.25) is 0 Å². The molecule has 0 aliphatic rings. The van der Waals surface area contributed by atoms with E-state index in [4.69, 9.17) is 5.73 Å². The van der Waals surface area contributed by atoms with Gasteiger partial charge in [0.2, 0.25) is 0 Å². The molecule has 3 rings (SSSR count). The lowest BCUT2D eigenvalue weighted by Gasteiger charge is -2.15. The van der Waals surface area contributed by atoms with Crippen LogP contribution < -0.4 is 5.73 Å². The molecule has 3 heteroatoms. The molecule has 1 aromatic heterocycles. The molecule has 0 aliphatic heterocycles. The molecule has 0 bridgehead atoms. The largest absolute Gasteiger partial charge is 0.324 e. The molecule has 0 radical (unpaired) electrons. The van der Waals surface area contributed by atoms with E-state index in [2.05, 4.69) is 4.98 Å². The van der Waals surface area contributed by atoms with Crippen molar-refractivity contribution >= 4 is 16.6 Å². The summed E-state index contributed by atoms with van der Waals surface area (Å²) in [6.07, 6.45) is 3.50. The fraction of sp³-hybridized carbons (Fsp3) is 0.200. The van der Waals surface area contributed by atoms with E-state index in [0.717, 1.165) is 33.0 Å². The number of benzene rings is 2. The molecule has 0 amide bonds. The zero-order chi connectivity index (χ0) is 16.6. The maximum Gasteiger partial charge on any atom is 0.194 e. The van der Waals surface area contributed by atoms with Crippen molar-refractivity contribution in [1.82, 2.24) is 4.98 Å². The third kappa shape index (κ3) is 2.76. The van der Waals surface area contributed by atoms with Crippen LogP contribution in [0.5, 0.6) is 0 Å². The number of carbonyl (C=O) groups excluding carboxylic acids is 1. The highest BCUT2D eigenvalue weighted by atomic mass is 16.1. The highest BCUT2D eigenvalue weighted by Gasteiger charge is 2.18. The Morgan fingerprint density at radius 1 is 1.13 bits per heavy atom. The van der Waals surface area contributed by atoms with Gasteiger partial charge in [-0.25, -0.2) is 0 Å². The number of rotatable bonds is 3. The normalized spacial score (nSPS) is 12.3. The Kier molecular flexibility index (Phi) is 3.97. The number of aromatic nitrogens is 1. The topological polar surface area (TPSA) is 56.0 Å². The van der Waals surface area contributed by atoms with Crippen LogP contribution in [0.4, 0.5) is 0 Å². The van der Waals surface area contributed by atoms with Crippen LogP contribution in [-0.4, -0.2) is 10.8 Å². The SMILES string of the molecule is Cc1cc(C(C)N)cc(C)c1C(=O)c1cccc2cnccc12. The minimum absolute atomic E-state index is 0.0415. The van der Waals surface area contributed by atoms with Gasteiger partial charge in [-0.2, -0.15) is 0 Å². The van der Waals surface area contributed by atoms with Crippen molar-refractivity contribution in [2.75, 3.05) is 0 Å². The van der Waals surface area contributed by atoms with Gasteiger partial charge in [0.25, 0.3) is 0 Å². The number of fused-ring (bicyclic) bond motifs is 1. The summed E-state index contributed by atoms with van der Waals surface area (Å²) < 4.78 is 0. The summed E-state index contributed by atoms with van der Waals surface area (Å²) in [7, 11) is 0. The Labute approximate surface area is 136 Å². The lowest BCUT2D eigenvalue weighted by atomic mass is 9.90. The van der Waals surface area contributed by atoms with Gasteiger partial charge in [-0.15, -0.1) is 0 Å². The van der Waals surface area contributed by atoms with Crippen molar-refractivity contribution in [2.24, 2.45) is 5.73 Å². The molecular weight excluding hydrogens is 284 g/mol. The van der Waals surface area contributed by atoms with Crippen LogP contribution in [0.3, 0.4) is 0 Å². The zero-order valence-electron chi connectivity index (χ0n) is 13.6. The molecule has 3 aromatic rings. The van der Waals surface area contributed by atoms with Gasteiger partial charge in [0.05, 0.1) is 0 Å². The molecule has 0 saturated carbocycles.